The highest BCUT2D eigenvalue weighted by Gasteiger charge is 2.31. The zero-order chi connectivity index (χ0) is 23.8. The minimum Gasteiger partial charge on any atom is -0.451 e. The Morgan fingerprint density at radius 1 is 1.06 bits per heavy atom. The molecule has 0 spiro atoms. The summed E-state index contributed by atoms with van der Waals surface area (Å²) in [6, 6.07) is 10.5. The van der Waals surface area contributed by atoms with Crippen LogP contribution in [0.4, 0.5) is 0 Å². The van der Waals surface area contributed by atoms with Gasteiger partial charge in [-0.05, 0) is 48.4 Å². The number of likely N-dealkylation sites (N-methyl/N-ethyl adjacent to an activating group) is 1. The summed E-state index contributed by atoms with van der Waals surface area (Å²) in [6.07, 6.45) is 5.69. The van der Waals surface area contributed by atoms with Crippen LogP contribution in [0.3, 0.4) is 0 Å². The van der Waals surface area contributed by atoms with Crippen LogP contribution in [0.2, 0.25) is 0 Å². The number of hydrogen-bond acceptors (Lipinski definition) is 4. The van der Waals surface area contributed by atoms with Crippen LogP contribution in [-0.4, -0.2) is 30.8 Å². The zero-order valence-corrected chi connectivity index (χ0v) is 19.8. The molecule has 0 radical (unpaired) electrons. The molecule has 1 atom stereocenters. The van der Waals surface area contributed by atoms with Crippen LogP contribution in [0.15, 0.2) is 40.8 Å². The second-order valence-corrected chi connectivity index (χ2v) is 9.20. The lowest BCUT2D eigenvalue weighted by atomic mass is 9.83. The monoisotopic (exact) mass is 453 g/mol. The minimum absolute atomic E-state index is 0.0241. The van der Waals surface area contributed by atoms with Gasteiger partial charge in [0.15, 0.2) is 5.76 Å². The molecule has 1 aliphatic rings. The third-order valence-corrected chi connectivity index (χ3v) is 6.06. The third-order valence-electron chi connectivity index (χ3n) is 6.06. The normalized spacial score (nSPS) is 15.2. The fourth-order valence-electron chi connectivity index (χ4n) is 4.33. The average molecular weight is 454 g/mol. The van der Waals surface area contributed by atoms with E-state index in [0.717, 1.165) is 36.8 Å². The first-order valence-corrected chi connectivity index (χ1v) is 11.9. The molecule has 0 bridgehead atoms. The van der Waals surface area contributed by atoms with E-state index in [4.69, 9.17) is 4.42 Å². The topological polar surface area (TPSA) is 100 Å². The molecule has 1 heterocycles. The van der Waals surface area contributed by atoms with Crippen molar-refractivity contribution >= 4 is 17.7 Å². The van der Waals surface area contributed by atoms with Crippen molar-refractivity contribution in [1.82, 2.24) is 16.0 Å². The summed E-state index contributed by atoms with van der Waals surface area (Å²) in [5.41, 5.74) is 1.77. The van der Waals surface area contributed by atoms with Crippen LogP contribution in [-0.2, 0) is 16.1 Å². The second kappa shape index (κ2) is 11.7. The quantitative estimate of drug-likeness (QED) is 0.534. The van der Waals surface area contributed by atoms with Gasteiger partial charge in [0.05, 0.1) is 0 Å². The van der Waals surface area contributed by atoms with E-state index in [1.807, 2.05) is 38.1 Å². The van der Waals surface area contributed by atoms with Gasteiger partial charge in [-0.1, -0.05) is 51.3 Å². The van der Waals surface area contributed by atoms with Crippen LogP contribution >= 0.6 is 0 Å². The van der Waals surface area contributed by atoms with Crippen molar-refractivity contribution in [3.63, 3.8) is 0 Å². The summed E-state index contributed by atoms with van der Waals surface area (Å²) in [6.45, 7) is 4.45. The fraction of sp³-hybridized carbons (Fsp3) is 0.500. The number of furan rings is 1. The molecule has 33 heavy (non-hydrogen) atoms. The van der Waals surface area contributed by atoms with Gasteiger partial charge in [-0.15, -0.1) is 0 Å². The minimum atomic E-state index is -0.561. The molecule has 0 aliphatic heterocycles. The largest absolute Gasteiger partial charge is 0.451 e. The molecule has 1 aromatic heterocycles. The molecule has 2 aromatic rings. The van der Waals surface area contributed by atoms with E-state index in [2.05, 4.69) is 16.0 Å². The molecule has 1 aromatic carbocycles. The number of rotatable bonds is 9. The third kappa shape index (κ3) is 6.94. The Hall–Kier alpha value is -3.09. The average Bonchev–Trinajstić information content (AvgIpc) is 3.31. The van der Waals surface area contributed by atoms with Gasteiger partial charge in [0.25, 0.3) is 5.91 Å². The number of carbonyl (C=O) groups excluding carboxylic acids is 3. The molecular weight excluding hydrogens is 418 g/mol. The van der Waals surface area contributed by atoms with Gasteiger partial charge in [-0.2, -0.15) is 0 Å². The predicted molar refractivity (Wildman–Crippen MR) is 127 cm³/mol. The lowest BCUT2D eigenvalue weighted by Gasteiger charge is -2.29. The molecule has 3 amide bonds. The van der Waals surface area contributed by atoms with Gasteiger partial charge < -0.3 is 20.4 Å². The van der Waals surface area contributed by atoms with E-state index in [1.165, 1.54) is 6.42 Å². The highest BCUT2D eigenvalue weighted by atomic mass is 16.4. The molecule has 7 heteroatoms. The van der Waals surface area contributed by atoms with Crippen molar-refractivity contribution in [2.75, 3.05) is 7.05 Å². The van der Waals surface area contributed by atoms with E-state index < -0.39 is 11.9 Å². The van der Waals surface area contributed by atoms with Gasteiger partial charge in [-0.25, -0.2) is 0 Å². The molecule has 178 valence electrons. The molecule has 1 saturated carbocycles. The number of nitrogens with one attached hydrogen (secondary N) is 3. The first-order valence-electron chi connectivity index (χ1n) is 11.9. The zero-order valence-electron chi connectivity index (χ0n) is 19.8. The van der Waals surface area contributed by atoms with Crippen molar-refractivity contribution < 1.29 is 18.8 Å². The van der Waals surface area contributed by atoms with Crippen molar-refractivity contribution in [3.8, 4) is 11.3 Å². The molecule has 3 N–H and O–H groups in total. The Bertz CT molecular complexity index is 960. The summed E-state index contributed by atoms with van der Waals surface area (Å²) in [5, 5.41) is 8.49. The molecule has 1 aliphatic carbocycles. The predicted octanol–water partition coefficient (Wildman–Crippen LogP) is 4.03. The molecule has 3 rings (SSSR count). The number of hydrogen-bond donors (Lipinski definition) is 3. The van der Waals surface area contributed by atoms with Crippen molar-refractivity contribution in [2.45, 2.75) is 65.0 Å². The maximum atomic E-state index is 12.9. The summed E-state index contributed by atoms with van der Waals surface area (Å²) >= 11 is 0. The van der Waals surface area contributed by atoms with Crippen LogP contribution < -0.4 is 16.0 Å². The van der Waals surface area contributed by atoms with E-state index in [0.29, 0.717) is 24.6 Å². The standard InChI is InChI=1S/C26H35N3O4/c1-17(2)14-23(30)28-16-18-8-7-11-20(15-18)21-12-13-22(33-21)25(31)29-24(26(32)27-3)19-9-5-4-6-10-19/h7-8,11-13,15,17,19,24H,4-6,9-10,14,16H2,1-3H3,(H,27,32)(H,28,30)(H,29,31)/t24-/m0/s1. The number of amides is 3. The lowest BCUT2D eigenvalue weighted by molar-refractivity contribution is -0.124. The van der Waals surface area contributed by atoms with Crippen LogP contribution in [0.25, 0.3) is 11.3 Å². The Morgan fingerprint density at radius 2 is 1.82 bits per heavy atom. The second-order valence-electron chi connectivity index (χ2n) is 9.20. The van der Waals surface area contributed by atoms with Crippen LogP contribution in [0.1, 0.15) is 68.5 Å². The van der Waals surface area contributed by atoms with Crippen molar-refractivity contribution in [1.29, 1.82) is 0 Å². The van der Waals surface area contributed by atoms with Gasteiger partial charge in [0.1, 0.15) is 11.8 Å². The molecular formula is C26H35N3O4. The molecule has 1 fully saturated rings. The SMILES string of the molecule is CNC(=O)[C@@H](NC(=O)c1ccc(-c2cccc(CNC(=O)CC(C)C)c2)o1)C1CCCCC1. The summed E-state index contributed by atoms with van der Waals surface area (Å²) in [5.74, 6) is 0.641. The molecule has 7 nitrogen and oxygen atoms in total. The first-order chi connectivity index (χ1) is 15.9. The Labute approximate surface area is 195 Å². The molecule has 0 saturated heterocycles. The van der Waals surface area contributed by atoms with Gasteiger partial charge in [-0.3, -0.25) is 14.4 Å². The van der Waals surface area contributed by atoms with Crippen LogP contribution in [0.5, 0.6) is 0 Å². The fourth-order valence-corrected chi connectivity index (χ4v) is 4.33. The first kappa shape index (κ1) is 24.6. The van der Waals surface area contributed by atoms with E-state index in [1.54, 1.807) is 19.2 Å². The lowest BCUT2D eigenvalue weighted by Crippen LogP contribution is -2.50. The van der Waals surface area contributed by atoms with E-state index in [9.17, 15) is 14.4 Å². The number of benzene rings is 1. The van der Waals surface area contributed by atoms with Crippen molar-refractivity contribution in [2.24, 2.45) is 11.8 Å². The maximum Gasteiger partial charge on any atom is 0.287 e. The summed E-state index contributed by atoms with van der Waals surface area (Å²) < 4.78 is 5.84. The smallest absolute Gasteiger partial charge is 0.287 e. The number of carbonyl (C=O) groups is 3. The van der Waals surface area contributed by atoms with Gasteiger partial charge in [0, 0.05) is 25.6 Å². The summed E-state index contributed by atoms with van der Waals surface area (Å²) in [4.78, 5) is 37.2. The Balaban J connectivity index is 1.66. The van der Waals surface area contributed by atoms with Gasteiger partial charge in [0.2, 0.25) is 11.8 Å². The Kier molecular flexibility index (Phi) is 8.69. The van der Waals surface area contributed by atoms with E-state index in [-0.39, 0.29) is 23.5 Å². The highest BCUT2D eigenvalue weighted by molar-refractivity contribution is 5.96. The Morgan fingerprint density at radius 3 is 2.52 bits per heavy atom. The molecule has 0 unspecified atom stereocenters. The highest BCUT2D eigenvalue weighted by Crippen LogP contribution is 2.27. The van der Waals surface area contributed by atoms with Crippen molar-refractivity contribution in [3.05, 3.63) is 47.7 Å². The maximum absolute atomic E-state index is 12.9. The van der Waals surface area contributed by atoms with Gasteiger partial charge >= 0.3 is 0 Å². The summed E-state index contributed by atoms with van der Waals surface area (Å²) in [7, 11) is 1.59. The van der Waals surface area contributed by atoms with E-state index >= 15 is 0 Å². The van der Waals surface area contributed by atoms with Crippen LogP contribution in [0, 0.1) is 11.8 Å².